The number of halogens is 1. The highest BCUT2D eigenvalue weighted by molar-refractivity contribution is 7.80. The van der Waals surface area contributed by atoms with Crippen LogP contribution in [0.4, 0.5) is 5.69 Å². The summed E-state index contributed by atoms with van der Waals surface area (Å²) < 4.78 is 5.60. The van der Waals surface area contributed by atoms with Crippen LogP contribution in [0.15, 0.2) is 59.8 Å². The van der Waals surface area contributed by atoms with Crippen molar-refractivity contribution in [3.05, 3.63) is 70.4 Å². The summed E-state index contributed by atoms with van der Waals surface area (Å²) in [7, 11) is 0. The molecule has 0 bridgehead atoms. The summed E-state index contributed by atoms with van der Waals surface area (Å²) in [4.78, 5) is 13.1. The molecule has 1 atom stereocenters. The zero-order chi connectivity index (χ0) is 19.4. The minimum absolute atomic E-state index is 0.257. The SMILES string of the molecule is CCOc1ccccc1NC(=O)C1=C(C)NC(=S)N[C@@H]1c1ccccc1Cl. The number of thiocarbonyl (C=S) groups is 1. The lowest BCUT2D eigenvalue weighted by Crippen LogP contribution is -2.45. The summed E-state index contributed by atoms with van der Waals surface area (Å²) >= 11 is 11.6. The van der Waals surface area contributed by atoms with E-state index < -0.39 is 6.04 Å². The van der Waals surface area contributed by atoms with Crippen LogP contribution < -0.4 is 20.7 Å². The molecule has 1 aliphatic rings. The standard InChI is InChI=1S/C20H20ClN3O2S/c1-3-26-16-11-7-6-10-15(16)23-19(25)17-12(2)22-20(27)24-18(17)13-8-4-5-9-14(13)21/h4-11,18H,3H2,1-2H3,(H,23,25)(H2,22,24,27)/t18-/m1/s1. The second-order valence-corrected chi connectivity index (χ2v) is 6.79. The van der Waals surface area contributed by atoms with Gasteiger partial charge >= 0.3 is 0 Å². The molecule has 0 unspecified atom stereocenters. The maximum absolute atomic E-state index is 13.1. The predicted octanol–water partition coefficient (Wildman–Crippen LogP) is 4.17. The van der Waals surface area contributed by atoms with Gasteiger partial charge in [0.1, 0.15) is 5.75 Å². The number of benzene rings is 2. The van der Waals surface area contributed by atoms with Crippen molar-refractivity contribution in [3.8, 4) is 5.75 Å². The molecule has 140 valence electrons. The van der Waals surface area contributed by atoms with Gasteiger partial charge in [0.05, 0.1) is 23.9 Å². The molecule has 27 heavy (non-hydrogen) atoms. The van der Waals surface area contributed by atoms with Gasteiger partial charge in [0.2, 0.25) is 0 Å². The third-order valence-electron chi connectivity index (χ3n) is 4.17. The highest BCUT2D eigenvalue weighted by Gasteiger charge is 2.31. The van der Waals surface area contributed by atoms with Gasteiger partial charge < -0.3 is 20.7 Å². The molecule has 1 aliphatic heterocycles. The van der Waals surface area contributed by atoms with E-state index in [0.717, 1.165) is 5.56 Å². The molecule has 0 aliphatic carbocycles. The monoisotopic (exact) mass is 401 g/mol. The van der Waals surface area contributed by atoms with Crippen LogP contribution in [0, 0.1) is 0 Å². The van der Waals surface area contributed by atoms with Gasteiger partial charge in [0, 0.05) is 10.7 Å². The molecule has 0 aromatic heterocycles. The number of para-hydroxylation sites is 2. The van der Waals surface area contributed by atoms with E-state index in [2.05, 4.69) is 16.0 Å². The molecule has 5 nitrogen and oxygen atoms in total. The van der Waals surface area contributed by atoms with Gasteiger partial charge in [0.15, 0.2) is 5.11 Å². The number of nitrogens with one attached hydrogen (secondary N) is 3. The summed E-state index contributed by atoms with van der Waals surface area (Å²) in [5.74, 6) is 0.361. The number of ether oxygens (including phenoxy) is 1. The molecular weight excluding hydrogens is 382 g/mol. The first-order valence-electron chi connectivity index (χ1n) is 8.57. The molecule has 0 spiro atoms. The first kappa shape index (κ1) is 19.2. The summed E-state index contributed by atoms with van der Waals surface area (Å²) in [6.45, 7) is 4.23. The first-order valence-corrected chi connectivity index (χ1v) is 9.35. The van der Waals surface area contributed by atoms with Gasteiger partial charge in [-0.3, -0.25) is 4.79 Å². The van der Waals surface area contributed by atoms with E-state index >= 15 is 0 Å². The molecule has 0 saturated carbocycles. The van der Waals surface area contributed by atoms with E-state index in [0.29, 0.717) is 39.4 Å². The molecule has 3 N–H and O–H groups in total. The Morgan fingerprint density at radius 1 is 1.22 bits per heavy atom. The average molecular weight is 402 g/mol. The van der Waals surface area contributed by atoms with E-state index in [1.807, 2.05) is 50.2 Å². The highest BCUT2D eigenvalue weighted by Crippen LogP contribution is 2.33. The van der Waals surface area contributed by atoms with Crippen LogP contribution in [-0.4, -0.2) is 17.6 Å². The molecule has 0 fully saturated rings. The third kappa shape index (κ3) is 4.23. The molecule has 1 amide bonds. The van der Waals surface area contributed by atoms with E-state index in [1.165, 1.54) is 0 Å². The van der Waals surface area contributed by atoms with Gasteiger partial charge in [-0.05, 0) is 49.8 Å². The fraction of sp³-hybridized carbons (Fsp3) is 0.200. The Labute approximate surface area is 168 Å². The number of carbonyl (C=O) groups is 1. The second kappa shape index (κ2) is 8.41. The van der Waals surface area contributed by atoms with Gasteiger partial charge in [-0.1, -0.05) is 41.9 Å². The molecule has 0 radical (unpaired) electrons. The summed E-state index contributed by atoms with van der Waals surface area (Å²) in [5, 5.41) is 10.1. The smallest absolute Gasteiger partial charge is 0.255 e. The number of anilines is 1. The van der Waals surface area contributed by atoms with Gasteiger partial charge in [0.25, 0.3) is 5.91 Å². The van der Waals surface area contributed by atoms with Crippen LogP contribution in [-0.2, 0) is 4.79 Å². The number of amides is 1. The van der Waals surface area contributed by atoms with Gasteiger partial charge in [-0.15, -0.1) is 0 Å². The lowest BCUT2D eigenvalue weighted by Gasteiger charge is -2.31. The van der Waals surface area contributed by atoms with Crippen molar-refractivity contribution in [2.45, 2.75) is 19.9 Å². The average Bonchev–Trinajstić information content (AvgIpc) is 2.63. The maximum atomic E-state index is 13.1. The van der Waals surface area contributed by atoms with Crippen molar-refractivity contribution in [2.24, 2.45) is 0 Å². The lowest BCUT2D eigenvalue weighted by atomic mass is 9.95. The fourth-order valence-electron chi connectivity index (χ4n) is 2.98. The second-order valence-electron chi connectivity index (χ2n) is 5.97. The van der Waals surface area contributed by atoms with E-state index in [1.54, 1.807) is 12.1 Å². The summed E-state index contributed by atoms with van der Waals surface area (Å²) in [5.41, 5.74) is 2.58. The summed E-state index contributed by atoms with van der Waals surface area (Å²) in [6, 6.07) is 14.3. The maximum Gasteiger partial charge on any atom is 0.255 e. The van der Waals surface area contributed by atoms with Crippen molar-refractivity contribution in [3.63, 3.8) is 0 Å². The van der Waals surface area contributed by atoms with Crippen LogP contribution in [0.25, 0.3) is 0 Å². The minimum Gasteiger partial charge on any atom is -0.492 e. The van der Waals surface area contributed by atoms with Crippen molar-refractivity contribution in [1.29, 1.82) is 0 Å². The molecule has 3 rings (SSSR count). The summed E-state index contributed by atoms with van der Waals surface area (Å²) in [6.07, 6.45) is 0. The molecule has 2 aromatic carbocycles. The van der Waals surface area contributed by atoms with Crippen LogP contribution in [0.3, 0.4) is 0 Å². The lowest BCUT2D eigenvalue weighted by molar-refractivity contribution is -0.113. The van der Waals surface area contributed by atoms with Crippen LogP contribution >= 0.6 is 23.8 Å². The Bertz CT molecular complexity index is 914. The Morgan fingerprint density at radius 2 is 1.93 bits per heavy atom. The van der Waals surface area contributed by atoms with Crippen molar-refractivity contribution in [2.75, 3.05) is 11.9 Å². The normalized spacial score (nSPS) is 16.4. The molecule has 1 heterocycles. The molecule has 2 aromatic rings. The third-order valence-corrected chi connectivity index (χ3v) is 4.73. The first-order chi connectivity index (χ1) is 13.0. The van der Waals surface area contributed by atoms with Crippen molar-refractivity contribution < 1.29 is 9.53 Å². The zero-order valence-corrected chi connectivity index (χ0v) is 16.6. The quantitative estimate of drug-likeness (QED) is 0.656. The number of allylic oxidation sites excluding steroid dienone is 1. The fourth-order valence-corrected chi connectivity index (χ4v) is 3.49. The van der Waals surface area contributed by atoms with Crippen LogP contribution in [0.1, 0.15) is 25.5 Å². The number of hydrogen-bond donors (Lipinski definition) is 3. The van der Waals surface area contributed by atoms with Crippen molar-refractivity contribution in [1.82, 2.24) is 10.6 Å². The van der Waals surface area contributed by atoms with Gasteiger partial charge in [-0.2, -0.15) is 0 Å². The largest absolute Gasteiger partial charge is 0.492 e. The van der Waals surface area contributed by atoms with Crippen molar-refractivity contribution >= 4 is 40.5 Å². The van der Waals surface area contributed by atoms with Crippen LogP contribution in [0.2, 0.25) is 5.02 Å². The Balaban J connectivity index is 1.97. The van der Waals surface area contributed by atoms with E-state index in [4.69, 9.17) is 28.6 Å². The number of hydrogen-bond acceptors (Lipinski definition) is 3. The topological polar surface area (TPSA) is 62.4 Å². The highest BCUT2D eigenvalue weighted by atomic mass is 35.5. The van der Waals surface area contributed by atoms with E-state index in [-0.39, 0.29) is 5.91 Å². The predicted molar refractivity (Wildman–Crippen MR) is 112 cm³/mol. The Kier molecular flexibility index (Phi) is 5.98. The van der Waals surface area contributed by atoms with Crippen LogP contribution in [0.5, 0.6) is 5.75 Å². The Morgan fingerprint density at radius 3 is 2.67 bits per heavy atom. The Hall–Kier alpha value is -2.57. The van der Waals surface area contributed by atoms with E-state index in [9.17, 15) is 4.79 Å². The molecule has 0 saturated heterocycles. The number of carbonyl (C=O) groups excluding carboxylic acids is 1. The molecule has 7 heteroatoms. The minimum atomic E-state index is -0.452. The molecular formula is C20H20ClN3O2S. The zero-order valence-electron chi connectivity index (χ0n) is 15.0. The number of rotatable bonds is 5. The van der Waals surface area contributed by atoms with Gasteiger partial charge in [-0.25, -0.2) is 0 Å².